The minimum Gasteiger partial charge on any atom is -0.399 e. The van der Waals surface area contributed by atoms with E-state index >= 15 is 0 Å². The number of rotatable bonds is 5. The summed E-state index contributed by atoms with van der Waals surface area (Å²) in [7, 11) is 1.87. The van der Waals surface area contributed by atoms with Crippen LogP contribution in [0.4, 0.5) is 11.4 Å². The third-order valence-corrected chi connectivity index (χ3v) is 2.87. The normalized spacial score (nSPS) is 10.3. The Hall–Kier alpha value is -2.50. The van der Waals surface area contributed by atoms with Crippen LogP contribution < -0.4 is 16.4 Å². The first-order valence-corrected chi connectivity index (χ1v) is 6.49. The van der Waals surface area contributed by atoms with Gasteiger partial charge in [-0.15, -0.1) is 0 Å². The van der Waals surface area contributed by atoms with Gasteiger partial charge in [-0.3, -0.25) is 9.48 Å². The van der Waals surface area contributed by atoms with Gasteiger partial charge in [0.25, 0.3) is 5.91 Å². The highest BCUT2D eigenvalue weighted by molar-refractivity contribution is 6.00. The molecule has 1 heterocycles. The van der Waals surface area contributed by atoms with Crippen LogP contribution in [0.15, 0.2) is 30.6 Å². The first-order valence-electron chi connectivity index (χ1n) is 6.49. The highest BCUT2D eigenvalue weighted by Crippen LogP contribution is 2.20. The van der Waals surface area contributed by atoms with Crippen LogP contribution in [0.5, 0.6) is 0 Å². The number of nitrogen functional groups attached to an aromatic ring is 1. The molecular weight excluding hydrogens is 254 g/mol. The van der Waals surface area contributed by atoms with E-state index in [-0.39, 0.29) is 5.91 Å². The fourth-order valence-electron chi connectivity index (χ4n) is 1.92. The third-order valence-electron chi connectivity index (χ3n) is 2.87. The summed E-state index contributed by atoms with van der Waals surface area (Å²) in [5.74, 6) is -0.110. The number of aromatic nitrogens is 2. The van der Waals surface area contributed by atoms with Crippen molar-refractivity contribution < 1.29 is 4.79 Å². The fourth-order valence-corrected chi connectivity index (χ4v) is 1.92. The van der Waals surface area contributed by atoms with Crippen LogP contribution in [0, 0.1) is 0 Å². The summed E-state index contributed by atoms with van der Waals surface area (Å²) >= 11 is 0. The molecule has 1 aromatic heterocycles. The van der Waals surface area contributed by atoms with Crippen molar-refractivity contribution in [2.24, 2.45) is 7.05 Å². The highest BCUT2D eigenvalue weighted by Gasteiger charge is 2.11. The number of hydrogen-bond acceptors (Lipinski definition) is 4. The van der Waals surface area contributed by atoms with Gasteiger partial charge in [0, 0.05) is 43.3 Å². The Labute approximate surface area is 118 Å². The number of amides is 1. The first-order chi connectivity index (χ1) is 9.60. The number of anilines is 2. The zero-order chi connectivity index (χ0) is 14.5. The molecule has 0 bridgehead atoms. The van der Waals surface area contributed by atoms with Gasteiger partial charge in [-0.2, -0.15) is 5.10 Å². The van der Waals surface area contributed by atoms with E-state index in [9.17, 15) is 4.79 Å². The molecule has 0 aliphatic heterocycles. The SMILES string of the molecule is CCNC(=O)c1ccc(N)cc1NCc1cnn(C)c1. The van der Waals surface area contributed by atoms with Gasteiger partial charge in [0.2, 0.25) is 0 Å². The molecule has 6 heteroatoms. The molecule has 4 N–H and O–H groups in total. The molecule has 6 nitrogen and oxygen atoms in total. The second kappa shape index (κ2) is 6.10. The number of carbonyl (C=O) groups excluding carboxylic acids is 1. The predicted octanol–water partition coefficient (Wildman–Crippen LogP) is 1.36. The molecule has 0 atom stereocenters. The number of nitrogens with zero attached hydrogens (tertiary/aromatic N) is 2. The van der Waals surface area contributed by atoms with Gasteiger partial charge in [-0.05, 0) is 25.1 Å². The van der Waals surface area contributed by atoms with Gasteiger partial charge in [0.1, 0.15) is 0 Å². The van der Waals surface area contributed by atoms with Crippen molar-refractivity contribution in [3.05, 3.63) is 41.7 Å². The van der Waals surface area contributed by atoms with Crippen LogP contribution >= 0.6 is 0 Å². The van der Waals surface area contributed by atoms with Crippen LogP contribution in [-0.4, -0.2) is 22.2 Å². The first kappa shape index (κ1) is 13.9. The molecule has 0 spiro atoms. The third kappa shape index (κ3) is 3.28. The number of aryl methyl sites for hydroxylation is 1. The summed E-state index contributed by atoms with van der Waals surface area (Å²) in [5.41, 5.74) is 8.75. The van der Waals surface area contributed by atoms with Crippen LogP contribution in [0.25, 0.3) is 0 Å². The Morgan fingerprint density at radius 3 is 2.90 bits per heavy atom. The molecule has 2 rings (SSSR count). The smallest absolute Gasteiger partial charge is 0.253 e. The lowest BCUT2D eigenvalue weighted by molar-refractivity contribution is 0.0956. The average Bonchev–Trinajstić information content (AvgIpc) is 2.82. The molecule has 2 aromatic rings. The topological polar surface area (TPSA) is 85.0 Å². The lowest BCUT2D eigenvalue weighted by atomic mass is 10.1. The van der Waals surface area contributed by atoms with Crippen molar-refractivity contribution in [1.29, 1.82) is 0 Å². The second-order valence-electron chi connectivity index (χ2n) is 4.54. The minimum atomic E-state index is -0.110. The Balaban J connectivity index is 2.16. The number of nitrogens with two attached hydrogens (primary N) is 1. The van der Waals surface area contributed by atoms with E-state index in [0.29, 0.717) is 24.3 Å². The predicted molar refractivity (Wildman–Crippen MR) is 79.4 cm³/mol. The van der Waals surface area contributed by atoms with Crippen molar-refractivity contribution >= 4 is 17.3 Å². The average molecular weight is 273 g/mol. The molecule has 1 amide bonds. The molecule has 0 aliphatic rings. The monoisotopic (exact) mass is 273 g/mol. The van der Waals surface area contributed by atoms with Crippen molar-refractivity contribution in [1.82, 2.24) is 15.1 Å². The zero-order valence-corrected chi connectivity index (χ0v) is 11.7. The summed E-state index contributed by atoms with van der Waals surface area (Å²) in [6.45, 7) is 3.06. The lowest BCUT2D eigenvalue weighted by Gasteiger charge is -2.12. The second-order valence-corrected chi connectivity index (χ2v) is 4.54. The standard InChI is InChI=1S/C14H19N5O/c1-3-16-14(20)12-5-4-11(15)6-13(12)17-7-10-8-18-19(2)9-10/h4-6,8-9,17H,3,7,15H2,1-2H3,(H,16,20). The van der Waals surface area contributed by atoms with Crippen molar-refractivity contribution in [2.45, 2.75) is 13.5 Å². The van der Waals surface area contributed by atoms with Crippen molar-refractivity contribution in [2.75, 3.05) is 17.6 Å². The maximum Gasteiger partial charge on any atom is 0.253 e. The van der Waals surface area contributed by atoms with Gasteiger partial charge in [0.15, 0.2) is 0 Å². The number of carbonyl (C=O) groups is 1. The number of benzene rings is 1. The van der Waals surface area contributed by atoms with E-state index in [2.05, 4.69) is 15.7 Å². The Bertz CT molecular complexity index is 605. The summed E-state index contributed by atoms with van der Waals surface area (Å²) < 4.78 is 1.74. The molecule has 0 radical (unpaired) electrons. The fraction of sp³-hybridized carbons (Fsp3) is 0.286. The minimum absolute atomic E-state index is 0.110. The maximum absolute atomic E-state index is 12.0. The van der Waals surface area contributed by atoms with Crippen LogP contribution in [0.2, 0.25) is 0 Å². The van der Waals surface area contributed by atoms with Gasteiger partial charge in [-0.1, -0.05) is 0 Å². The summed E-state index contributed by atoms with van der Waals surface area (Å²) in [6, 6.07) is 5.21. The Morgan fingerprint density at radius 1 is 1.45 bits per heavy atom. The largest absolute Gasteiger partial charge is 0.399 e. The van der Waals surface area contributed by atoms with E-state index in [4.69, 9.17) is 5.73 Å². The lowest BCUT2D eigenvalue weighted by Crippen LogP contribution is -2.23. The molecule has 1 aromatic carbocycles. The molecule has 20 heavy (non-hydrogen) atoms. The van der Waals surface area contributed by atoms with Crippen molar-refractivity contribution in [3.63, 3.8) is 0 Å². The summed E-state index contributed by atoms with van der Waals surface area (Å²) in [6.07, 6.45) is 3.70. The van der Waals surface area contributed by atoms with E-state index in [1.54, 1.807) is 29.1 Å². The number of nitrogens with one attached hydrogen (secondary N) is 2. The van der Waals surface area contributed by atoms with E-state index in [1.165, 1.54) is 0 Å². The summed E-state index contributed by atoms with van der Waals surface area (Å²) in [4.78, 5) is 12.0. The summed E-state index contributed by atoms with van der Waals surface area (Å²) in [5, 5.41) is 10.1. The molecule has 0 saturated heterocycles. The highest BCUT2D eigenvalue weighted by atomic mass is 16.1. The van der Waals surface area contributed by atoms with Crippen molar-refractivity contribution in [3.8, 4) is 0 Å². The van der Waals surface area contributed by atoms with Gasteiger partial charge in [0.05, 0.1) is 11.8 Å². The molecule has 106 valence electrons. The van der Waals surface area contributed by atoms with Crippen LogP contribution in [0.1, 0.15) is 22.8 Å². The maximum atomic E-state index is 12.0. The molecular formula is C14H19N5O. The van der Waals surface area contributed by atoms with Gasteiger partial charge >= 0.3 is 0 Å². The molecule has 0 aliphatic carbocycles. The quantitative estimate of drug-likeness (QED) is 0.718. The van der Waals surface area contributed by atoms with Crippen LogP contribution in [-0.2, 0) is 13.6 Å². The van der Waals surface area contributed by atoms with E-state index in [1.807, 2.05) is 20.2 Å². The van der Waals surface area contributed by atoms with E-state index < -0.39 is 0 Å². The van der Waals surface area contributed by atoms with Gasteiger partial charge < -0.3 is 16.4 Å². The number of hydrogen-bond donors (Lipinski definition) is 3. The Kier molecular flexibility index (Phi) is 4.24. The van der Waals surface area contributed by atoms with E-state index in [0.717, 1.165) is 11.3 Å². The van der Waals surface area contributed by atoms with Gasteiger partial charge in [-0.25, -0.2) is 0 Å². The molecule has 0 fully saturated rings. The Morgan fingerprint density at radius 2 is 2.25 bits per heavy atom. The molecule has 0 saturated carbocycles. The zero-order valence-electron chi connectivity index (χ0n) is 11.7. The molecule has 0 unspecified atom stereocenters. The van der Waals surface area contributed by atoms with Crippen LogP contribution in [0.3, 0.4) is 0 Å².